The molecule has 2 unspecified atom stereocenters. The molecule has 0 aromatic heterocycles. The van der Waals surface area contributed by atoms with Crippen molar-refractivity contribution >= 4 is 29.1 Å². The molecule has 1 aliphatic carbocycles. The highest BCUT2D eigenvalue weighted by atomic mass is 35.5. The Hall–Kier alpha value is -0.730. The first-order chi connectivity index (χ1) is 9.46. The van der Waals surface area contributed by atoms with Gasteiger partial charge in [0.1, 0.15) is 0 Å². The minimum atomic E-state index is -0.270. The average Bonchev–Trinajstić information content (AvgIpc) is 2.41. The molecule has 1 N–H and O–H groups in total. The van der Waals surface area contributed by atoms with Crippen molar-refractivity contribution in [3.63, 3.8) is 0 Å². The van der Waals surface area contributed by atoms with Crippen LogP contribution in [-0.2, 0) is 0 Å². The number of halogens is 2. The van der Waals surface area contributed by atoms with Gasteiger partial charge in [0.05, 0.1) is 5.54 Å². The number of amides is 1. The molecule has 20 heavy (non-hydrogen) atoms. The molecule has 110 valence electrons. The Labute approximate surface area is 130 Å². The van der Waals surface area contributed by atoms with Gasteiger partial charge in [-0.15, -0.1) is 11.6 Å². The molecule has 2 nitrogen and oxygen atoms in total. The predicted octanol–water partition coefficient (Wildman–Crippen LogP) is 4.57. The van der Waals surface area contributed by atoms with Gasteiger partial charge in [0.25, 0.3) is 5.91 Å². The summed E-state index contributed by atoms with van der Waals surface area (Å²) in [6.45, 7) is 4.14. The number of carbonyl (C=O) groups is 1. The van der Waals surface area contributed by atoms with Crippen LogP contribution < -0.4 is 5.32 Å². The smallest absolute Gasteiger partial charge is 0.251 e. The van der Waals surface area contributed by atoms with E-state index >= 15 is 0 Å². The quantitative estimate of drug-likeness (QED) is 0.814. The molecule has 1 aromatic carbocycles. The zero-order valence-corrected chi connectivity index (χ0v) is 13.5. The van der Waals surface area contributed by atoms with Crippen LogP contribution in [0.25, 0.3) is 0 Å². The largest absolute Gasteiger partial charge is 0.345 e. The van der Waals surface area contributed by atoms with E-state index in [-0.39, 0.29) is 11.4 Å². The van der Waals surface area contributed by atoms with E-state index < -0.39 is 0 Å². The van der Waals surface area contributed by atoms with Crippen molar-refractivity contribution in [1.82, 2.24) is 5.32 Å². The maximum absolute atomic E-state index is 12.4. The van der Waals surface area contributed by atoms with Crippen molar-refractivity contribution in [1.29, 1.82) is 0 Å². The molecule has 1 amide bonds. The Bertz CT molecular complexity index is 503. The van der Waals surface area contributed by atoms with E-state index in [1.807, 2.05) is 19.1 Å². The highest BCUT2D eigenvalue weighted by molar-refractivity contribution is 6.31. The van der Waals surface area contributed by atoms with Crippen molar-refractivity contribution in [3.8, 4) is 0 Å². The number of benzene rings is 1. The lowest BCUT2D eigenvalue weighted by atomic mass is 9.77. The molecular formula is C16H21Cl2NO. The van der Waals surface area contributed by atoms with Crippen LogP contribution >= 0.6 is 23.2 Å². The maximum atomic E-state index is 12.4. The first kappa shape index (κ1) is 15.7. The number of hydrogen-bond acceptors (Lipinski definition) is 1. The first-order valence-corrected chi connectivity index (χ1v) is 8.02. The fraction of sp³-hybridized carbons (Fsp3) is 0.562. The molecule has 0 bridgehead atoms. The van der Waals surface area contributed by atoms with E-state index in [1.54, 1.807) is 6.07 Å². The second kappa shape index (κ2) is 6.36. The van der Waals surface area contributed by atoms with Crippen LogP contribution in [0.1, 0.15) is 48.5 Å². The van der Waals surface area contributed by atoms with E-state index in [1.165, 1.54) is 6.42 Å². The van der Waals surface area contributed by atoms with Gasteiger partial charge in [0, 0.05) is 16.5 Å². The van der Waals surface area contributed by atoms with Crippen molar-refractivity contribution in [2.24, 2.45) is 5.92 Å². The molecule has 1 fully saturated rings. The minimum Gasteiger partial charge on any atom is -0.345 e. The van der Waals surface area contributed by atoms with Gasteiger partial charge in [0.2, 0.25) is 0 Å². The third kappa shape index (κ3) is 3.48. The zero-order chi connectivity index (χ0) is 14.8. The van der Waals surface area contributed by atoms with Crippen molar-refractivity contribution in [2.45, 2.75) is 45.1 Å². The lowest BCUT2D eigenvalue weighted by Gasteiger charge is -2.39. The Morgan fingerprint density at radius 3 is 2.85 bits per heavy atom. The monoisotopic (exact) mass is 313 g/mol. The summed E-state index contributed by atoms with van der Waals surface area (Å²) in [5, 5.41) is 3.77. The van der Waals surface area contributed by atoms with Crippen LogP contribution in [0.15, 0.2) is 18.2 Å². The Balaban J connectivity index is 2.14. The van der Waals surface area contributed by atoms with Gasteiger partial charge in [-0.1, -0.05) is 37.4 Å². The summed E-state index contributed by atoms with van der Waals surface area (Å²) in [5.41, 5.74) is 1.30. The number of nitrogens with one attached hydrogen (secondary N) is 1. The summed E-state index contributed by atoms with van der Waals surface area (Å²) in [7, 11) is 0. The minimum absolute atomic E-state index is 0.0818. The first-order valence-electron chi connectivity index (χ1n) is 7.10. The van der Waals surface area contributed by atoms with Gasteiger partial charge in [-0.05, 0) is 43.4 Å². The molecule has 2 atom stereocenters. The van der Waals surface area contributed by atoms with Crippen LogP contribution in [0.5, 0.6) is 0 Å². The van der Waals surface area contributed by atoms with E-state index in [0.29, 0.717) is 22.4 Å². The van der Waals surface area contributed by atoms with Gasteiger partial charge < -0.3 is 5.32 Å². The van der Waals surface area contributed by atoms with E-state index in [9.17, 15) is 4.79 Å². The van der Waals surface area contributed by atoms with Crippen molar-refractivity contribution < 1.29 is 4.79 Å². The van der Waals surface area contributed by atoms with Crippen molar-refractivity contribution in [3.05, 3.63) is 34.3 Å². The molecule has 1 aromatic rings. The topological polar surface area (TPSA) is 29.1 Å². The fourth-order valence-electron chi connectivity index (χ4n) is 2.98. The van der Waals surface area contributed by atoms with Crippen molar-refractivity contribution in [2.75, 3.05) is 5.88 Å². The second-order valence-corrected chi connectivity index (χ2v) is 6.71. The van der Waals surface area contributed by atoms with Crippen LogP contribution in [0, 0.1) is 12.8 Å². The van der Waals surface area contributed by atoms with E-state index in [2.05, 4.69) is 12.2 Å². The molecule has 0 radical (unpaired) electrons. The van der Waals surface area contributed by atoms with Gasteiger partial charge in [0.15, 0.2) is 0 Å². The highest BCUT2D eigenvalue weighted by Gasteiger charge is 2.35. The Kier molecular flexibility index (Phi) is 4.98. The third-order valence-corrected chi connectivity index (χ3v) is 5.08. The Morgan fingerprint density at radius 1 is 1.50 bits per heavy atom. The van der Waals surface area contributed by atoms with Crippen LogP contribution in [0.3, 0.4) is 0 Å². The second-order valence-electron chi connectivity index (χ2n) is 6.03. The molecule has 0 heterocycles. The van der Waals surface area contributed by atoms with Gasteiger partial charge in [-0.25, -0.2) is 0 Å². The summed E-state index contributed by atoms with van der Waals surface area (Å²) in [4.78, 5) is 12.4. The number of alkyl halides is 1. The molecule has 1 saturated carbocycles. The number of rotatable bonds is 3. The van der Waals surface area contributed by atoms with Gasteiger partial charge in [-0.3, -0.25) is 4.79 Å². The summed E-state index contributed by atoms with van der Waals surface area (Å²) < 4.78 is 0. The number of hydrogen-bond donors (Lipinski definition) is 1. The number of aryl methyl sites for hydroxylation is 1. The summed E-state index contributed by atoms with van der Waals surface area (Å²) in [6, 6.07) is 5.40. The molecule has 4 heteroatoms. The molecule has 2 rings (SSSR count). The third-order valence-electron chi connectivity index (χ3n) is 4.16. The van der Waals surface area contributed by atoms with Crippen LogP contribution in [0.4, 0.5) is 0 Å². The lowest BCUT2D eigenvalue weighted by Crippen LogP contribution is -2.52. The molecule has 0 spiro atoms. The molecule has 0 saturated heterocycles. The fourth-order valence-corrected chi connectivity index (χ4v) is 3.47. The normalized spacial score (nSPS) is 26.3. The predicted molar refractivity (Wildman–Crippen MR) is 84.7 cm³/mol. The summed E-state index contributed by atoms with van der Waals surface area (Å²) in [5.74, 6) is 0.980. The van der Waals surface area contributed by atoms with E-state index in [4.69, 9.17) is 23.2 Å². The molecular weight excluding hydrogens is 293 g/mol. The summed E-state index contributed by atoms with van der Waals surface area (Å²) in [6.07, 6.45) is 4.22. The van der Waals surface area contributed by atoms with E-state index in [0.717, 1.165) is 24.8 Å². The van der Waals surface area contributed by atoms with Crippen LogP contribution in [-0.4, -0.2) is 17.3 Å². The SMILES string of the molecule is Cc1ccc(C(=O)NC2(CCl)CCCC(C)C2)cc1Cl. The van der Waals surface area contributed by atoms with Gasteiger partial charge in [-0.2, -0.15) is 0 Å². The van der Waals surface area contributed by atoms with Gasteiger partial charge >= 0.3 is 0 Å². The highest BCUT2D eigenvalue weighted by Crippen LogP contribution is 2.33. The Morgan fingerprint density at radius 2 is 2.25 bits per heavy atom. The average molecular weight is 314 g/mol. The standard InChI is InChI=1S/C16H21Cl2NO/c1-11-4-3-7-16(9-11,10-17)19-15(20)13-6-5-12(2)14(18)8-13/h5-6,8,11H,3-4,7,9-10H2,1-2H3,(H,19,20). The van der Waals surface area contributed by atoms with Crippen LogP contribution in [0.2, 0.25) is 5.02 Å². The maximum Gasteiger partial charge on any atom is 0.251 e. The molecule has 0 aliphatic heterocycles. The molecule has 1 aliphatic rings. The number of carbonyl (C=O) groups excluding carboxylic acids is 1. The zero-order valence-electron chi connectivity index (χ0n) is 12.0. The summed E-state index contributed by atoms with van der Waals surface area (Å²) >= 11 is 12.2. The lowest BCUT2D eigenvalue weighted by molar-refractivity contribution is 0.0867.